The Morgan fingerprint density at radius 1 is 1.24 bits per heavy atom. The molecule has 0 heterocycles. The molecule has 1 aromatic carbocycles. The maximum absolute atomic E-state index is 12.8. The number of urea groups is 1. The lowest BCUT2D eigenvalue weighted by atomic mass is 9.79. The van der Waals surface area contributed by atoms with E-state index in [1.807, 2.05) is 30.3 Å². The first kappa shape index (κ1) is 19.1. The van der Waals surface area contributed by atoms with Crippen LogP contribution in [-0.4, -0.2) is 35.6 Å². The maximum atomic E-state index is 12.8. The summed E-state index contributed by atoms with van der Waals surface area (Å²) in [4.78, 5) is 22.8. The molecule has 1 fully saturated rings. The zero-order valence-electron chi connectivity index (χ0n) is 14.0. The van der Waals surface area contributed by atoms with Gasteiger partial charge in [-0.05, 0) is 30.7 Å². The lowest BCUT2D eigenvalue weighted by Gasteiger charge is -2.34. The van der Waals surface area contributed by atoms with Crippen molar-refractivity contribution >= 4 is 12.0 Å². The number of aliphatic carboxylic acids is 1. The number of nitrogens with one attached hydrogen (secondary N) is 2. The van der Waals surface area contributed by atoms with Gasteiger partial charge in [0.15, 0.2) is 0 Å². The molecule has 0 saturated heterocycles. The Morgan fingerprint density at radius 3 is 2.52 bits per heavy atom. The van der Waals surface area contributed by atoms with Gasteiger partial charge in [-0.2, -0.15) is 0 Å². The summed E-state index contributed by atoms with van der Waals surface area (Å²) in [6.07, 6.45) is 1.15. The van der Waals surface area contributed by atoms with Crippen molar-refractivity contribution < 1.29 is 23.5 Å². The fourth-order valence-corrected chi connectivity index (χ4v) is 3.04. The van der Waals surface area contributed by atoms with Crippen molar-refractivity contribution in [1.82, 2.24) is 10.6 Å². The summed E-state index contributed by atoms with van der Waals surface area (Å²) in [6, 6.07) is 8.81. The number of hydrogen-bond donors (Lipinski definition) is 3. The highest BCUT2D eigenvalue weighted by atomic mass is 19.3. The van der Waals surface area contributed by atoms with Gasteiger partial charge in [-0.1, -0.05) is 30.3 Å². The van der Waals surface area contributed by atoms with Gasteiger partial charge in [0.2, 0.25) is 5.92 Å². The third-order valence-corrected chi connectivity index (χ3v) is 4.38. The summed E-state index contributed by atoms with van der Waals surface area (Å²) in [6.45, 7) is 0.337. The summed E-state index contributed by atoms with van der Waals surface area (Å²) in [5, 5.41) is 14.3. The van der Waals surface area contributed by atoms with Gasteiger partial charge in [0.25, 0.3) is 0 Å². The van der Waals surface area contributed by atoms with E-state index in [-0.39, 0.29) is 31.2 Å². The molecule has 1 saturated carbocycles. The average molecular weight is 354 g/mol. The van der Waals surface area contributed by atoms with Crippen LogP contribution < -0.4 is 10.6 Å². The number of carbonyl (C=O) groups excluding carboxylic acids is 1. The predicted molar refractivity (Wildman–Crippen MR) is 89.6 cm³/mol. The first-order chi connectivity index (χ1) is 11.8. The third kappa shape index (κ3) is 7.07. The zero-order chi connectivity index (χ0) is 18.3. The summed E-state index contributed by atoms with van der Waals surface area (Å²) in [5.41, 5.74) is 1.01. The van der Waals surface area contributed by atoms with Crippen molar-refractivity contribution in [2.75, 3.05) is 6.54 Å². The minimum absolute atomic E-state index is 0.0328. The Balaban J connectivity index is 1.74. The lowest BCUT2D eigenvalue weighted by Crippen LogP contribution is -2.44. The predicted octanol–water partition coefficient (Wildman–Crippen LogP) is 3.20. The minimum Gasteiger partial charge on any atom is -0.481 e. The molecule has 1 aliphatic rings. The SMILES string of the molecule is O=C(O)CCC(Cc1ccccc1)NC(=O)NCCC1CC(F)(F)C1. The quantitative estimate of drug-likeness (QED) is 0.637. The molecule has 1 aliphatic carbocycles. The molecule has 1 atom stereocenters. The molecular formula is C18H24F2N2O3. The van der Waals surface area contributed by atoms with Gasteiger partial charge in [0.1, 0.15) is 0 Å². The third-order valence-electron chi connectivity index (χ3n) is 4.38. The number of carboxylic acid groups (broad SMARTS) is 1. The molecule has 0 radical (unpaired) electrons. The second-order valence-electron chi connectivity index (χ2n) is 6.64. The standard InChI is InChI=1S/C18H24F2N2O3/c19-18(20)11-14(12-18)8-9-21-17(25)22-15(6-7-16(23)24)10-13-4-2-1-3-5-13/h1-5,14-15H,6-12H2,(H,23,24)(H2,21,22,25). The highest BCUT2D eigenvalue weighted by molar-refractivity contribution is 5.74. The van der Waals surface area contributed by atoms with Gasteiger partial charge < -0.3 is 15.7 Å². The molecule has 3 N–H and O–H groups in total. The van der Waals surface area contributed by atoms with Crippen molar-refractivity contribution in [3.05, 3.63) is 35.9 Å². The van der Waals surface area contributed by atoms with E-state index in [0.717, 1.165) is 5.56 Å². The highest BCUT2D eigenvalue weighted by Gasteiger charge is 2.44. The van der Waals surface area contributed by atoms with Crippen LogP contribution in [0.5, 0.6) is 0 Å². The Kier molecular flexibility index (Phi) is 6.73. The van der Waals surface area contributed by atoms with Crippen LogP contribution in [-0.2, 0) is 11.2 Å². The van der Waals surface area contributed by atoms with E-state index in [0.29, 0.717) is 25.8 Å². The second-order valence-corrected chi connectivity index (χ2v) is 6.64. The molecule has 2 rings (SSSR count). The monoisotopic (exact) mass is 354 g/mol. The highest BCUT2D eigenvalue weighted by Crippen LogP contribution is 2.43. The fourth-order valence-electron chi connectivity index (χ4n) is 3.04. The fraction of sp³-hybridized carbons (Fsp3) is 0.556. The number of hydrogen-bond acceptors (Lipinski definition) is 2. The van der Waals surface area contributed by atoms with Crippen LogP contribution >= 0.6 is 0 Å². The molecular weight excluding hydrogens is 330 g/mol. The molecule has 0 spiro atoms. The smallest absolute Gasteiger partial charge is 0.315 e. The van der Waals surface area contributed by atoms with E-state index in [1.165, 1.54) is 0 Å². The van der Waals surface area contributed by atoms with Crippen LogP contribution in [0.25, 0.3) is 0 Å². The van der Waals surface area contributed by atoms with Crippen LogP contribution in [0.15, 0.2) is 30.3 Å². The number of rotatable bonds is 9. The van der Waals surface area contributed by atoms with E-state index in [2.05, 4.69) is 10.6 Å². The molecule has 25 heavy (non-hydrogen) atoms. The number of benzene rings is 1. The van der Waals surface area contributed by atoms with Crippen LogP contribution in [0.4, 0.5) is 13.6 Å². The number of carboxylic acids is 1. The molecule has 138 valence electrons. The van der Waals surface area contributed by atoms with Gasteiger partial charge in [-0.25, -0.2) is 13.6 Å². The topological polar surface area (TPSA) is 78.4 Å². The van der Waals surface area contributed by atoms with Gasteiger partial charge >= 0.3 is 12.0 Å². The Labute approximate surface area is 145 Å². The van der Waals surface area contributed by atoms with Gasteiger partial charge in [0, 0.05) is 31.8 Å². The first-order valence-corrected chi connectivity index (χ1v) is 8.52. The number of amides is 2. The molecule has 1 unspecified atom stereocenters. The molecule has 0 aromatic heterocycles. The second kappa shape index (κ2) is 8.78. The van der Waals surface area contributed by atoms with Crippen molar-refractivity contribution in [3.63, 3.8) is 0 Å². The van der Waals surface area contributed by atoms with Gasteiger partial charge in [-0.3, -0.25) is 4.79 Å². The summed E-state index contributed by atoms with van der Waals surface area (Å²) in [7, 11) is 0. The Hall–Kier alpha value is -2.18. The molecule has 2 amide bonds. The van der Waals surface area contributed by atoms with Crippen molar-refractivity contribution in [2.45, 2.75) is 50.5 Å². The van der Waals surface area contributed by atoms with E-state index in [4.69, 9.17) is 5.11 Å². The lowest BCUT2D eigenvalue weighted by molar-refractivity contribution is -0.137. The number of carbonyl (C=O) groups is 2. The van der Waals surface area contributed by atoms with Crippen molar-refractivity contribution in [1.29, 1.82) is 0 Å². The Bertz CT molecular complexity index is 573. The van der Waals surface area contributed by atoms with E-state index < -0.39 is 17.9 Å². The molecule has 7 heteroatoms. The minimum atomic E-state index is -2.54. The molecule has 5 nitrogen and oxygen atoms in total. The molecule has 0 aliphatic heterocycles. The van der Waals surface area contributed by atoms with Crippen LogP contribution in [0, 0.1) is 5.92 Å². The zero-order valence-corrected chi connectivity index (χ0v) is 14.0. The maximum Gasteiger partial charge on any atom is 0.315 e. The van der Waals surface area contributed by atoms with Crippen LogP contribution in [0.1, 0.15) is 37.7 Å². The van der Waals surface area contributed by atoms with Gasteiger partial charge in [0.05, 0.1) is 0 Å². The largest absolute Gasteiger partial charge is 0.481 e. The van der Waals surface area contributed by atoms with E-state index in [1.54, 1.807) is 0 Å². The average Bonchev–Trinajstić information content (AvgIpc) is 2.51. The van der Waals surface area contributed by atoms with Gasteiger partial charge in [-0.15, -0.1) is 0 Å². The first-order valence-electron chi connectivity index (χ1n) is 8.52. The van der Waals surface area contributed by atoms with E-state index in [9.17, 15) is 18.4 Å². The van der Waals surface area contributed by atoms with Crippen molar-refractivity contribution in [2.24, 2.45) is 5.92 Å². The summed E-state index contributed by atoms with van der Waals surface area (Å²) < 4.78 is 25.5. The van der Waals surface area contributed by atoms with E-state index >= 15 is 0 Å². The van der Waals surface area contributed by atoms with Crippen molar-refractivity contribution in [3.8, 4) is 0 Å². The normalized spacial score (nSPS) is 17.4. The summed E-state index contributed by atoms with van der Waals surface area (Å²) >= 11 is 0. The molecule has 1 aromatic rings. The summed E-state index contributed by atoms with van der Waals surface area (Å²) in [5.74, 6) is -3.49. The Morgan fingerprint density at radius 2 is 1.92 bits per heavy atom. The van der Waals surface area contributed by atoms with Crippen LogP contribution in [0.3, 0.4) is 0 Å². The number of halogens is 2. The van der Waals surface area contributed by atoms with Crippen LogP contribution in [0.2, 0.25) is 0 Å². The molecule has 0 bridgehead atoms. The number of alkyl halides is 2.